The van der Waals surface area contributed by atoms with E-state index in [0.29, 0.717) is 16.9 Å². The first-order valence-electron chi connectivity index (χ1n) is 10.7. The van der Waals surface area contributed by atoms with Gasteiger partial charge in [-0.2, -0.15) is 4.98 Å². The Labute approximate surface area is 186 Å². The van der Waals surface area contributed by atoms with E-state index >= 15 is 0 Å². The summed E-state index contributed by atoms with van der Waals surface area (Å²) in [7, 11) is 0. The van der Waals surface area contributed by atoms with E-state index in [4.69, 9.17) is 21.6 Å². The van der Waals surface area contributed by atoms with E-state index in [1.807, 2.05) is 42.5 Å². The second-order valence-corrected chi connectivity index (χ2v) is 8.47. The van der Waals surface area contributed by atoms with Crippen LogP contribution in [0, 0.1) is 5.92 Å². The number of hydrogen-bond donors (Lipinski definition) is 2. The van der Waals surface area contributed by atoms with Gasteiger partial charge in [0.25, 0.3) is 0 Å². The first-order chi connectivity index (χ1) is 15.2. The number of aromatic nitrogens is 4. The van der Waals surface area contributed by atoms with Crippen LogP contribution in [-0.2, 0) is 6.54 Å². The van der Waals surface area contributed by atoms with Crippen molar-refractivity contribution in [3.05, 3.63) is 71.4 Å². The number of imidazole rings is 1. The van der Waals surface area contributed by atoms with Crippen LogP contribution in [0.5, 0.6) is 0 Å². The smallest absolute Gasteiger partial charge is 0.225 e. The lowest BCUT2D eigenvalue weighted by atomic mass is 10.1. The first kappa shape index (κ1) is 20.0. The Kier molecular flexibility index (Phi) is 5.57. The molecule has 158 valence electrons. The monoisotopic (exact) mass is 432 g/mol. The summed E-state index contributed by atoms with van der Waals surface area (Å²) < 4.78 is 2.20. The number of benzene rings is 2. The number of hydrogen-bond acceptors (Lipinski definition) is 5. The summed E-state index contributed by atoms with van der Waals surface area (Å²) in [5.41, 5.74) is 3.71. The summed E-state index contributed by atoms with van der Waals surface area (Å²) in [5, 5.41) is 7.57. The molecule has 2 N–H and O–H groups in total. The van der Waals surface area contributed by atoms with Crippen molar-refractivity contribution in [3.63, 3.8) is 0 Å². The number of halogens is 1. The molecular weight excluding hydrogens is 408 g/mol. The Balaban J connectivity index is 1.55. The van der Waals surface area contributed by atoms with Crippen LogP contribution in [0.4, 0.5) is 5.95 Å². The van der Waals surface area contributed by atoms with Crippen LogP contribution in [0.3, 0.4) is 0 Å². The van der Waals surface area contributed by atoms with Gasteiger partial charge in [-0.15, -0.1) is 0 Å². The summed E-state index contributed by atoms with van der Waals surface area (Å²) in [6, 6.07) is 18.2. The van der Waals surface area contributed by atoms with E-state index < -0.39 is 0 Å². The molecule has 0 radical (unpaired) electrons. The lowest BCUT2D eigenvalue weighted by molar-refractivity contribution is 0.490. The van der Waals surface area contributed by atoms with E-state index in [0.717, 1.165) is 48.6 Å². The fourth-order valence-electron chi connectivity index (χ4n) is 4.16. The average Bonchev–Trinajstić information content (AvgIpc) is 3.43. The van der Waals surface area contributed by atoms with Crippen molar-refractivity contribution in [2.75, 3.05) is 18.4 Å². The van der Waals surface area contributed by atoms with Crippen molar-refractivity contribution in [3.8, 4) is 11.4 Å². The Morgan fingerprint density at radius 3 is 2.71 bits per heavy atom. The van der Waals surface area contributed by atoms with Gasteiger partial charge in [-0.1, -0.05) is 54.1 Å². The van der Waals surface area contributed by atoms with Gasteiger partial charge in [0, 0.05) is 12.1 Å². The minimum atomic E-state index is 0.0945. The van der Waals surface area contributed by atoms with Crippen molar-refractivity contribution in [2.45, 2.75) is 25.9 Å². The molecule has 0 aliphatic carbocycles. The molecule has 0 amide bonds. The molecule has 1 saturated heterocycles. The molecule has 31 heavy (non-hydrogen) atoms. The summed E-state index contributed by atoms with van der Waals surface area (Å²) in [6.45, 7) is 5.01. The number of nitrogens with one attached hydrogen (secondary N) is 2. The van der Waals surface area contributed by atoms with Crippen molar-refractivity contribution in [2.24, 2.45) is 5.92 Å². The average molecular weight is 433 g/mol. The minimum absolute atomic E-state index is 0.0945. The van der Waals surface area contributed by atoms with Crippen LogP contribution < -0.4 is 10.6 Å². The molecule has 2 atom stereocenters. The molecule has 3 heterocycles. The molecule has 7 heteroatoms. The SMILES string of the molecule is C[C@H](Nc1ncc2nc(-c3ccccc3Cl)n(CC3CCNC3)c2n1)c1ccccc1. The fraction of sp³-hybridized carbons (Fsp3) is 0.292. The van der Waals surface area contributed by atoms with E-state index in [9.17, 15) is 0 Å². The highest BCUT2D eigenvalue weighted by molar-refractivity contribution is 6.33. The highest BCUT2D eigenvalue weighted by Gasteiger charge is 2.22. The van der Waals surface area contributed by atoms with Gasteiger partial charge in [0.15, 0.2) is 5.65 Å². The standard InChI is InChI=1S/C24H25ClN6/c1-16(18-7-3-2-4-8-18)28-24-27-14-21-23(30-24)31(15-17-11-12-26-13-17)22(29-21)19-9-5-6-10-20(19)25/h2-10,14,16-17,26H,11-13,15H2,1H3,(H,27,28,30)/t16-,17?/m0/s1. The third-order valence-corrected chi connectivity index (χ3v) is 6.18. The number of rotatable bonds is 6. The van der Waals surface area contributed by atoms with Gasteiger partial charge in [0.1, 0.15) is 11.3 Å². The summed E-state index contributed by atoms with van der Waals surface area (Å²) >= 11 is 6.53. The lowest BCUT2D eigenvalue weighted by Crippen LogP contribution is -2.16. The third kappa shape index (κ3) is 4.13. The Morgan fingerprint density at radius 2 is 1.94 bits per heavy atom. The Morgan fingerprint density at radius 1 is 1.13 bits per heavy atom. The largest absolute Gasteiger partial charge is 0.348 e. The van der Waals surface area contributed by atoms with E-state index in [1.54, 1.807) is 6.20 Å². The van der Waals surface area contributed by atoms with Gasteiger partial charge in [-0.3, -0.25) is 0 Å². The zero-order valence-electron chi connectivity index (χ0n) is 17.4. The second-order valence-electron chi connectivity index (χ2n) is 8.06. The van der Waals surface area contributed by atoms with Gasteiger partial charge < -0.3 is 15.2 Å². The van der Waals surface area contributed by atoms with E-state index in [2.05, 4.69) is 39.2 Å². The first-order valence-corrected chi connectivity index (χ1v) is 11.1. The number of nitrogens with zero attached hydrogens (tertiary/aromatic N) is 4. The quantitative estimate of drug-likeness (QED) is 0.452. The highest BCUT2D eigenvalue weighted by Crippen LogP contribution is 2.31. The summed E-state index contributed by atoms with van der Waals surface area (Å²) in [5.74, 6) is 1.98. The Hall–Kier alpha value is -2.96. The molecule has 1 fully saturated rings. The zero-order chi connectivity index (χ0) is 21.2. The van der Waals surface area contributed by atoms with Gasteiger partial charge >= 0.3 is 0 Å². The zero-order valence-corrected chi connectivity index (χ0v) is 18.2. The van der Waals surface area contributed by atoms with Crippen molar-refractivity contribution in [1.29, 1.82) is 0 Å². The van der Waals surface area contributed by atoms with Crippen LogP contribution in [-0.4, -0.2) is 32.6 Å². The van der Waals surface area contributed by atoms with Gasteiger partial charge in [0.2, 0.25) is 5.95 Å². The molecule has 4 aromatic rings. The summed E-state index contributed by atoms with van der Waals surface area (Å²) in [4.78, 5) is 14.3. The summed E-state index contributed by atoms with van der Waals surface area (Å²) in [6.07, 6.45) is 2.94. The predicted octanol–water partition coefficient (Wildman–Crippen LogP) is 4.93. The van der Waals surface area contributed by atoms with Crippen molar-refractivity contribution in [1.82, 2.24) is 24.8 Å². The lowest BCUT2D eigenvalue weighted by Gasteiger charge is -2.16. The molecule has 0 bridgehead atoms. The third-order valence-electron chi connectivity index (χ3n) is 5.85. The normalized spacial score (nSPS) is 17.2. The van der Waals surface area contributed by atoms with E-state index in [-0.39, 0.29) is 6.04 Å². The van der Waals surface area contributed by atoms with Gasteiger partial charge in [-0.05, 0) is 50.0 Å². The van der Waals surface area contributed by atoms with Gasteiger partial charge in [0.05, 0.1) is 17.3 Å². The topological polar surface area (TPSA) is 67.7 Å². The number of fused-ring (bicyclic) bond motifs is 1. The molecule has 6 nitrogen and oxygen atoms in total. The highest BCUT2D eigenvalue weighted by atomic mass is 35.5. The number of anilines is 1. The maximum absolute atomic E-state index is 6.53. The van der Waals surface area contributed by atoms with Crippen LogP contribution in [0.25, 0.3) is 22.6 Å². The molecule has 2 aromatic carbocycles. The molecule has 0 spiro atoms. The maximum atomic E-state index is 6.53. The van der Waals surface area contributed by atoms with Crippen LogP contribution in [0.15, 0.2) is 60.8 Å². The maximum Gasteiger partial charge on any atom is 0.225 e. The van der Waals surface area contributed by atoms with Crippen LogP contribution in [0.2, 0.25) is 5.02 Å². The molecule has 1 aliphatic rings. The fourth-order valence-corrected chi connectivity index (χ4v) is 4.38. The molecule has 0 saturated carbocycles. The molecular formula is C24H25ClN6. The Bertz CT molecular complexity index is 1180. The van der Waals surface area contributed by atoms with Crippen molar-refractivity contribution >= 4 is 28.7 Å². The van der Waals surface area contributed by atoms with Crippen LogP contribution in [0.1, 0.15) is 24.9 Å². The van der Waals surface area contributed by atoms with Crippen molar-refractivity contribution < 1.29 is 0 Å². The van der Waals surface area contributed by atoms with E-state index in [1.165, 1.54) is 5.56 Å². The minimum Gasteiger partial charge on any atom is -0.348 e. The van der Waals surface area contributed by atoms with Crippen LogP contribution >= 0.6 is 11.6 Å². The predicted molar refractivity (Wildman–Crippen MR) is 125 cm³/mol. The molecule has 1 aliphatic heterocycles. The second kappa shape index (κ2) is 8.65. The molecule has 5 rings (SSSR count). The molecule has 2 aromatic heterocycles. The van der Waals surface area contributed by atoms with Gasteiger partial charge in [-0.25, -0.2) is 9.97 Å². The molecule has 1 unspecified atom stereocenters.